The molecule has 1 aliphatic heterocycles. The van der Waals surface area contributed by atoms with Gasteiger partial charge < -0.3 is 15.5 Å². The van der Waals surface area contributed by atoms with Gasteiger partial charge in [0.1, 0.15) is 5.82 Å². The Labute approximate surface area is 180 Å². The number of benzene rings is 1. The SMILES string of the molecule is CCNC(=NCCC(F)(F)F)NCCN1CCN(c2ccc(F)cc2)CC1.I. The van der Waals surface area contributed by atoms with Crippen molar-refractivity contribution in [1.29, 1.82) is 0 Å². The minimum atomic E-state index is -4.19. The second-order valence-corrected chi connectivity index (χ2v) is 6.36. The summed E-state index contributed by atoms with van der Waals surface area (Å²) in [6, 6.07) is 6.50. The highest BCUT2D eigenvalue weighted by molar-refractivity contribution is 14.0. The van der Waals surface area contributed by atoms with E-state index in [1.807, 2.05) is 6.92 Å². The summed E-state index contributed by atoms with van der Waals surface area (Å²) in [6.07, 6.45) is -5.11. The largest absolute Gasteiger partial charge is 0.390 e. The number of hydrogen-bond donors (Lipinski definition) is 2. The number of rotatable bonds is 7. The van der Waals surface area contributed by atoms with Crippen LogP contribution in [-0.2, 0) is 0 Å². The zero-order valence-corrected chi connectivity index (χ0v) is 18.3. The minimum Gasteiger partial charge on any atom is -0.369 e. The molecule has 1 aromatic rings. The second kappa shape index (κ2) is 12.3. The highest BCUT2D eigenvalue weighted by atomic mass is 127. The Balaban J connectivity index is 0.00000392. The van der Waals surface area contributed by atoms with Crippen LogP contribution in [0.25, 0.3) is 0 Å². The maximum Gasteiger partial charge on any atom is 0.390 e. The number of piperazine rings is 1. The van der Waals surface area contributed by atoms with Crippen LogP contribution in [0.1, 0.15) is 13.3 Å². The molecule has 2 rings (SSSR count). The lowest BCUT2D eigenvalue weighted by atomic mass is 10.2. The van der Waals surface area contributed by atoms with Crippen molar-refractivity contribution < 1.29 is 17.6 Å². The predicted molar refractivity (Wildman–Crippen MR) is 115 cm³/mol. The van der Waals surface area contributed by atoms with Crippen LogP contribution < -0.4 is 15.5 Å². The van der Waals surface area contributed by atoms with E-state index in [0.717, 1.165) is 38.4 Å². The van der Waals surface area contributed by atoms with Crippen LogP contribution in [0.5, 0.6) is 0 Å². The van der Waals surface area contributed by atoms with Crippen LogP contribution in [0.3, 0.4) is 0 Å². The molecule has 5 nitrogen and oxygen atoms in total. The summed E-state index contributed by atoms with van der Waals surface area (Å²) in [5, 5.41) is 6.03. The van der Waals surface area contributed by atoms with E-state index >= 15 is 0 Å². The molecule has 1 saturated heterocycles. The molecule has 0 amide bonds. The molecule has 10 heteroatoms. The van der Waals surface area contributed by atoms with Crippen molar-refractivity contribution in [3.63, 3.8) is 0 Å². The zero-order valence-electron chi connectivity index (χ0n) is 15.9. The molecule has 1 heterocycles. The lowest BCUT2D eigenvalue weighted by Crippen LogP contribution is -2.49. The quantitative estimate of drug-likeness (QED) is 0.253. The maximum absolute atomic E-state index is 13.0. The summed E-state index contributed by atoms with van der Waals surface area (Å²) in [4.78, 5) is 8.46. The number of hydrogen-bond acceptors (Lipinski definition) is 3. The van der Waals surface area contributed by atoms with Crippen LogP contribution in [0.2, 0.25) is 0 Å². The Morgan fingerprint density at radius 2 is 1.71 bits per heavy atom. The molecule has 0 aliphatic carbocycles. The highest BCUT2D eigenvalue weighted by Crippen LogP contribution is 2.19. The molecule has 0 unspecified atom stereocenters. The molecule has 0 aromatic heterocycles. The first-order chi connectivity index (χ1) is 12.9. The molecule has 2 N–H and O–H groups in total. The third kappa shape index (κ3) is 9.26. The Kier molecular flexibility index (Phi) is 10.9. The van der Waals surface area contributed by atoms with E-state index in [2.05, 4.69) is 25.4 Å². The highest BCUT2D eigenvalue weighted by Gasteiger charge is 2.26. The fourth-order valence-electron chi connectivity index (χ4n) is 2.85. The number of aliphatic imine (C=N–C) groups is 1. The lowest BCUT2D eigenvalue weighted by molar-refractivity contribution is -0.132. The summed E-state index contributed by atoms with van der Waals surface area (Å²) in [5.41, 5.74) is 1.01. The van der Waals surface area contributed by atoms with Gasteiger partial charge in [-0.1, -0.05) is 0 Å². The van der Waals surface area contributed by atoms with Crippen molar-refractivity contribution in [3.05, 3.63) is 30.1 Å². The number of nitrogens with one attached hydrogen (secondary N) is 2. The predicted octanol–water partition coefficient (Wildman–Crippen LogP) is 3.07. The van der Waals surface area contributed by atoms with Gasteiger partial charge in [-0.05, 0) is 31.2 Å². The Morgan fingerprint density at radius 1 is 1.07 bits per heavy atom. The van der Waals surface area contributed by atoms with Gasteiger partial charge in [-0.2, -0.15) is 13.2 Å². The molecule has 0 spiro atoms. The number of halogens is 5. The van der Waals surface area contributed by atoms with Gasteiger partial charge in [-0.15, -0.1) is 24.0 Å². The third-order valence-corrected chi connectivity index (χ3v) is 4.29. The second-order valence-electron chi connectivity index (χ2n) is 6.36. The molecule has 28 heavy (non-hydrogen) atoms. The Morgan fingerprint density at radius 3 is 2.29 bits per heavy atom. The third-order valence-electron chi connectivity index (χ3n) is 4.29. The van der Waals surface area contributed by atoms with E-state index in [9.17, 15) is 17.6 Å². The van der Waals surface area contributed by atoms with Crippen LogP contribution in [0.4, 0.5) is 23.2 Å². The molecule has 160 valence electrons. The van der Waals surface area contributed by atoms with Gasteiger partial charge in [0.2, 0.25) is 0 Å². The van der Waals surface area contributed by atoms with E-state index < -0.39 is 12.6 Å². The number of guanidine groups is 1. The van der Waals surface area contributed by atoms with Crippen molar-refractivity contribution >= 4 is 35.6 Å². The van der Waals surface area contributed by atoms with E-state index in [0.29, 0.717) is 19.0 Å². The first-order valence-corrected chi connectivity index (χ1v) is 9.19. The molecular weight excluding hydrogens is 489 g/mol. The topological polar surface area (TPSA) is 42.9 Å². The van der Waals surface area contributed by atoms with Crippen molar-refractivity contribution in [3.8, 4) is 0 Å². The Hall–Kier alpha value is -1.30. The van der Waals surface area contributed by atoms with E-state index in [-0.39, 0.29) is 36.3 Å². The van der Waals surface area contributed by atoms with Gasteiger partial charge in [0.25, 0.3) is 0 Å². The maximum atomic E-state index is 13.0. The van der Waals surface area contributed by atoms with Crippen LogP contribution in [-0.4, -0.2) is 69.4 Å². The van der Waals surface area contributed by atoms with Crippen molar-refractivity contribution in [2.75, 3.05) is 57.3 Å². The number of anilines is 1. The molecule has 1 fully saturated rings. The fourth-order valence-corrected chi connectivity index (χ4v) is 2.85. The average Bonchev–Trinajstić information content (AvgIpc) is 2.62. The fraction of sp³-hybridized carbons (Fsp3) is 0.611. The number of alkyl halides is 3. The molecule has 0 saturated carbocycles. The van der Waals surface area contributed by atoms with Gasteiger partial charge >= 0.3 is 6.18 Å². The molecular formula is C18H28F4IN5. The summed E-state index contributed by atoms with van der Waals surface area (Å²) in [6.45, 7) is 7.02. The lowest BCUT2D eigenvalue weighted by Gasteiger charge is -2.36. The van der Waals surface area contributed by atoms with Crippen molar-refractivity contribution in [2.24, 2.45) is 4.99 Å². The zero-order chi connectivity index (χ0) is 19.7. The monoisotopic (exact) mass is 517 g/mol. The van der Waals surface area contributed by atoms with Crippen molar-refractivity contribution in [2.45, 2.75) is 19.5 Å². The van der Waals surface area contributed by atoms with Gasteiger partial charge in [-0.25, -0.2) is 4.39 Å². The van der Waals surface area contributed by atoms with Gasteiger partial charge in [0.05, 0.1) is 13.0 Å². The van der Waals surface area contributed by atoms with Gasteiger partial charge in [0, 0.05) is 51.5 Å². The smallest absolute Gasteiger partial charge is 0.369 e. The Bertz CT molecular complexity index is 587. The number of nitrogens with zero attached hydrogens (tertiary/aromatic N) is 3. The van der Waals surface area contributed by atoms with Crippen molar-refractivity contribution in [1.82, 2.24) is 15.5 Å². The summed E-state index contributed by atoms with van der Waals surface area (Å²) in [5.74, 6) is 0.170. The average molecular weight is 517 g/mol. The van der Waals surface area contributed by atoms with E-state index in [1.54, 1.807) is 12.1 Å². The standard InChI is InChI=1S/C18H27F4N5.HI/c1-2-23-17(24-8-7-18(20,21)22)25-9-10-26-11-13-27(14-12-26)16-5-3-15(19)4-6-16;/h3-6H,2,7-14H2,1H3,(H2,23,24,25);1H. The first-order valence-electron chi connectivity index (χ1n) is 9.19. The molecule has 1 aromatic carbocycles. The summed E-state index contributed by atoms with van der Waals surface area (Å²) in [7, 11) is 0. The molecule has 0 bridgehead atoms. The van der Waals surface area contributed by atoms with E-state index in [1.165, 1.54) is 12.1 Å². The minimum absolute atomic E-state index is 0. The normalized spacial score (nSPS) is 15.9. The van der Waals surface area contributed by atoms with Crippen LogP contribution in [0, 0.1) is 5.82 Å². The molecule has 0 atom stereocenters. The van der Waals surface area contributed by atoms with Crippen LogP contribution >= 0.6 is 24.0 Å². The molecule has 0 radical (unpaired) electrons. The first kappa shape index (κ1) is 24.7. The molecule has 1 aliphatic rings. The van der Waals surface area contributed by atoms with Crippen LogP contribution in [0.15, 0.2) is 29.3 Å². The van der Waals surface area contributed by atoms with Gasteiger partial charge in [0.15, 0.2) is 5.96 Å². The summed E-state index contributed by atoms with van der Waals surface area (Å²) < 4.78 is 49.7. The van der Waals surface area contributed by atoms with Gasteiger partial charge in [-0.3, -0.25) is 9.89 Å². The van der Waals surface area contributed by atoms with E-state index in [4.69, 9.17) is 0 Å². The summed E-state index contributed by atoms with van der Waals surface area (Å²) >= 11 is 0.